The molecular weight excluding hydrogens is 314 g/mol. The van der Waals surface area contributed by atoms with Gasteiger partial charge in [-0.25, -0.2) is 18.6 Å². The van der Waals surface area contributed by atoms with Crippen LogP contribution in [-0.4, -0.2) is 15.6 Å². The van der Waals surface area contributed by atoms with Crippen LogP contribution in [0.15, 0.2) is 30.6 Å². The normalized spacial score (nSPS) is 12.2. The lowest BCUT2D eigenvalue weighted by Crippen LogP contribution is -2.37. The molecule has 0 aliphatic carbocycles. The molecule has 24 heavy (non-hydrogen) atoms. The first-order valence-electron chi connectivity index (χ1n) is 7.86. The Morgan fingerprint density at radius 1 is 1.29 bits per heavy atom. The van der Waals surface area contributed by atoms with E-state index >= 15 is 0 Å². The molecule has 7 heteroatoms. The third kappa shape index (κ3) is 4.78. The predicted octanol–water partition coefficient (Wildman–Crippen LogP) is 3.38. The Bertz CT molecular complexity index is 700. The molecule has 2 amide bonds. The van der Waals surface area contributed by atoms with E-state index in [1.54, 1.807) is 13.1 Å². The molecule has 0 aliphatic heterocycles. The fraction of sp³-hybridized carbons (Fsp3) is 0.412. The van der Waals surface area contributed by atoms with Gasteiger partial charge in [-0.2, -0.15) is 0 Å². The second-order valence-electron chi connectivity index (χ2n) is 6.10. The van der Waals surface area contributed by atoms with Gasteiger partial charge >= 0.3 is 6.03 Å². The molecule has 1 aromatic carbocycles. The van der Waals surface area contributed by atoms with E-state index in [0.717, 1.165) is 24.5 Å². The van der Waals surface area contributed by atoms with Crippen LogP contribution in [0.4, 0.5) is 13.6 Å². The Hall–Kier alpha value is -2.44. The number of imidazole rings is 1. The van der Waals surface area contributed by atoms with Gasteiger partial charge in [0.15, 0.2) is 0 Å². The summed E-state index contributed by atoms with van der Waals surface area (Å²) in [6.45, 7) is 6.92. The molecule has 1 heterocycles. The SMILES string of the molecule is CC(C)Cn1ccnc1CNC(=O)N[C@H](C)c1ccc(F)cc1F. The zero-order valence-corrected chi connectivity index (χ0v) is 14.0. The van der Waals surface area contributed by atoms with E-state index in [2.05, 4.69) is 29.5 Å². The van der Waals surface area contributed by atoms with Crippen molar-refractivity contribution in [2.75, 3.05) is 0 Å². The van der Waals surface area contributed by atoms with Crippen molar-refractivity contribution in [3.63, 3.8) is 0 Å². The highest BCUT2D eigenvalue weighted by Crippen LogP contribution is 2.17. The van der Waals surface area contributed by atoms with Crippen molar-refractivity contribution in [3.05, 3.63) is 53.6 Å². The molecule has 1 aromatic heterocycles. The molecule has 0 spiro atoms. The summed E-state index contributed by atoms with van der Waals surface area (Å²) in [5.41, 5.74) is 0.229. The molecule has 130 valence electrons. The van der Waals surface area contributed by atoms with Crippen molar-refractivity contribution in [3.8, 4) is 0 Å². The molecule has 2 N–H and O–H groups in total. The van der Waals surface area contributed by atoms with E-state index < -0.39 is 23.7 Å². The van der Waals surface area contributed by atoms with Crippen molar-refractivity contribution < 1.29 is 13.6 Å². The van der Waals surface area contributed by atoms with E-state index in [1.165, 1.54) is 6.07 Å². The smallest absolute Gasteiger partial charge is 0.315 e. The topological polar surface area (TPSA) is 59.0 Å². The summed E-state index contributed by atoms with van der Waals surface area (Å²) < 4.78 is 28.6. The standard InChI is InChI=1S/C17H22F2N4O/c1-11(2)10-23-7-6-20-16(23)9-21-17(24)22-12(3)14-5-4-13(18)8-15(14)19/h4-8,11-12H,9-10H2,1-3H3,(H2,21,22,24)/t12-/m1/s1. The molecule has 0 unspecified atom stereocenters. The van der Waals surface area contributed by atoms with Crippen LogP contribution >= 0.6 is 0 Å². The van der Waals surface area contributed by atoms with Crippen LogP contribution in [0.2, 0.25) is 0 Å². The van der Waals surface area contributed by atoms with Gasteiger partial charge in [0.25, 0.3) is 0 Å². The number of rotatable bonds is 6. The van der Waals surface area contributed by atoms with Crippen LogP contribution in [0.3, 0.4) is 0 Å². The quantitative estimate of drug-likeness (QED) is 0.850. The Kier molecular flexibility index (Phi) is 5.89. The second-order valence-corrected chi connectivity index (χ2v) is 6.10. The molecule has 0 radical (unpaired) electrons. The number of carbonyl (C=O) groups excluding carboxylic acids is 1. The minimum atomic E-state index is -0.685. The van der Waals surface area contributed by atoms with Crippen molar-refractivity contribution in [1.29, 1.82) is 0 Å². The summed E-state index contributed by atoms with van der Waals surface area (Å²) >= 11 is 0. The molecular formula is C17H22F2N4O. The number of amides is 2. The van der Waals surface area contributed by atoms with Gasteiger partial charge in [0, 0.05) is 30.6 Å². The number of hydrogen-bond acceptors (Lipinski definition) is 2. The lowest BCUT2D eigenvalue weighted by atomic mass is 10.1. The van der Waals surface area contributed by atoms with Gasteiger partial charge < -0.3 is 15.2 Å². The Balaban J connectivity index is 1.90. The van der Waals surface area contributed by atoms with E-state index in [0.29, 0.717) is 5.92 Å². The third-order valence-electron chi connectivity index (χ3n) is 3.55. The summed E-state index contributed by atoms with van der Waals surface area (Å²) in [4.78, 5) is 16.2. The van der Waals surface area contributed by atoms with Crippen LogP contribution in [-0.2, 0) is 13.1 Å². The van der Waals surface area contributed by atoms with Crippen LogP contribution in [0.5, 0.6) is 0 Å². The summed E-state index contributed by atoms with van der Waals surface area (Å²) in [6, 6.07) is 2.27. The molecule has 0 fully saturated rings. The molecule has 1 atom stereocenters. The third-order valence-corrected chi connectivity index (χ3v) is 3.55. The molecule has 2 aromatic rings. The Labute approximate surface area is 140 Å². The Morgan fingerprint density at radius 2 is 2.04 bits per heavy atom. The lowest BCUT2D eigenvalue weighted by Gasteiger charge is -2.16. The number of carbonyl (C=O) groups is 1. The average Bonchev–Trinajstić information content (AvgIpc) is 2.91. The number of nitrogens with zero attached hydrogens (tertiary/aromatic N) is 2. The van der Waals surface area contributed by atoms with Crippen molar-refractivity contribution in [2.45, 2.75) is 39.9 Å². The predicted molar refractivity (Wildman–Crippen MR) is 87.2 cm³/mol. The first-order valence-corrected chi connectivity index (χ1v) is 7.86. The van der Waals surface area contributed by atoms with Gasteiger partial charge in [-0.15, -0.1) is 0 Å². The van der Waals surface area contributed by atoms with Crippen molar-refractivity contribution in [2.24, 2.45) is 5.92 Å². The first-order chi connectivity index (χ1) is 11.4. The highest BCUT2D eigenvalue weighted by atomic mass is 19.1. The molecule has 2 rings (SSSR count). The minimum absolute atomic E-state index is 0.229. The summed E-state index contributed by atoms with van der Waals surface area (Å²) in [5, 5.41) is 5.33. The Morgan fingerprint density at radius 3 is 2.71 bits per heavy atom. The van der Waals surface area contributed by atoms with Gasteiger partial charge in [0.05, 0.1) is 12.6 Å². The number of hydrogen-bond donors (Lipinski definition) is 2. The van der Waals surface area contributed by atoms with Gasteiger partial charge in [0.2, 0.25) is 0 Å². The monoisotopic (exact) mass is 336 g/mol. The number of aromatic nitrogens is 2. The van der Waals surface area contributed by atoms with Gasteiger partial charge in [0.1, 0.15) is 17.5 Å². The van der Waals surface area contributed by atoms with Gasteiger partial charge in [-0.1, -0.05) is 19.9 Å². The molecule has 0 saturated carbocycles. The summed E-state index contributed by atoms with van der Waals surface area (Å²) in [7, 11) is 0. The fourth-order valence-electron chi connectivity index (χ4n) is 2.40. The van der Waals surface area contributed by atoms with Crippen molar-refractivity contribution in [1.82, 2.24) is 20.2 Å². The minimum Gasteiger partial charge on any atom is -0.333 e. The van der Waals surface area contributed by atoms with E-state index in [-0.39, 0.29) is 12.1 Å². The molecule has 0 aliphatic rings. The highest BCUT2D eigenvalue weighted by molar-refractivity contribution is 5.74. The maximum atomic E-state index is 13.7. The van der Waals surface area contributed by atoms with E-state index in [4.69, 9.17) is 0 Å². The number of halogens is 2. The maximum Gasteiger partial charge on any atom is 0.315 e. The van der Waals surface area contributed by atoms with Gasteiger partial charge in [-0.05, 0) is 18.9 Å². The number of urea groups is 1. The molecule has 0 bridgehead atoms. The summed E-state index contributed by atoms with van der Waals surface area (Å²) in [6.07, 6.45) is 3.55. The van der Waals surface area contributed by atoms with Gasteiger partial charge in [-0.3, -0.25) is 0 Å². The molecule has 0 saturated heterocycles. The van der Waals surface area contributed by atoms with Crippen LogP contribution < -0.4 is 10.6 Å². The fourth-order valence-corrected chi connectivity index (χ4v) is 2.40. The maximum absolute atomic E-state index is 13.7. The zero-order chi connectivity index (χ0) is 17.7. The summed E-state index contributed by atoms with van der Waals surface area (Å²) in [5.74, 6) is -0.118. The highest BCUT2D eigenvalue weighted by Gasteiger charge is 2.14. The second kappa shape index (κ2) is 7.90. The lowest BCUT2D eigenvalue weighted by molar-refractivity contribution is 0.237. The largest absolute Gasteiger partial charge is 0.333 e. The van der Waals surface area contributed by atoms with Crippen LogP contribution in [0, 0.1) is 17.6 Å². The van der Waals surface area contributed by atoms with Crippen LogP contribution in [0.1, 0.15) is 38.2 Å². The first kappa shape index (κ1) is 17.9. The average molecular weight is 336 g/mol. The number of nitrogens with one attached hydrogen (secondary N) is 2. The number of benzene rings is 1. The van der Waals surface area contributed by atoms with E-state index in [1.807, 2.05) is 10.8 Å². The zero-order valence-electron chi connectivity index (χ0n) is 14.0. The van der Waals surface area contributed by atoms with E-state index in [9.17, 15) is 13.6 Å². The molecule has 5 nitrogen and oxygen atoms in total. The van der Waals surface area contributed by atoms with Crippen LogP contribution in [0.25, 0.3) is 0 Å². The van der Waals surface area contributed by atoms with Crippen molar-refractivity contribution >= 4 is 6.03 Å².